The van der Waals surface area contributed by atoms with E-state index in [0.717, 1.165) is 6.07 Å². The van der Waals surface area contributed by atoms with Crippen molar-refractivity contribution >= 4 is 11.6 Å². The van der Waals surface area contributed by atoms with Crippen LogP contribution >= 0.6 is 0 Å². The first-order valence-electron chi connectivity index (χ1n) is 6.10. The summed E-state index contributed by atoms with van der Waals surface area (Å²) >= 11 is 0. The molecule has 0 spiro atoms. The summed E-state index contributed by atoms with van der Waals surface area (Å²) in [5.41, 5.74) is 5.83. The van der Waals surface area contributed by atoms with Gasteiger partial charge in [-0.25, -0.2) is 23.8 Å². The van der Waals surface area contributed by atoms with E-state index in [4.69, 9.17) is 10.6 Å². The molecule has 1 aromatic carbocycles. The van der Waals surface area contributed by atoms with E-state index < -0.39 is 17.7 Å². The lowest BCUT2D eigenvalue weighted by Gasteiger charge is -2.24. The lowest BCUT2D eigenvalue weighted by atomic mass is 10.0. The molecule has 2 N–H and O–H groups in total. The van der Waals surface area contributed by atoms with E-state index in [-0.39, 0.29) is 11.4 Å². The van der Waals surface area contributed by atoms with Crippen LogP contribution in [0.4, 0.5) is 20.4 Å². The van der Waals surface area contributed by atoms with E-state index in [9.17, 15) is 8.78 Å². The molecule has 1 saturated heterocycles. The molecule has 2 heterocycles. The van der Waals surface area contributed by atoms with Gasteiger partial charge in [0, 0.05) is 18.1 Å². The minimum Gasteiger partial charge on any atom is -0.384 e. The highest BCUT2D eigenvalue weighted by atomic mass is 19.2. The van der Waals surface area contributed by atoms with Gasteiger partial charge < -0.3 is 5.73 Å². The van der Waals surface area contributed by atoms with Crippen LogP contribution in [0.1, 0.15) is 18.0 Å². The molecule has 0 saturated carbocycles. The Morgan fingerprint density at radius 2 is 2.15 bits per heavy atom. The zero-order valence-corrected chi connectivity index (χ0v) is 10.5. The Labute approximate surface area is 114 Å². The Morgan fingerprint density at radius 3 is 2.95 bits per heavy atom. The molecular weight excluding hydrogens is 266 g/mol. The minimum absolute atomic E-state index is 0.236. The molecule has 5 nitrogen and oxygen atoms in total. The fourth-order valence-corrected chi connectivity index (χ4v) is 2.24. The maximum absolute atomic E-state index is 13.9. The topological polar surface area (TPSA) is 64.3 Å². The molecule has 3 rings (SSSR count). The van der Waals surface area contributed by atoms with Crippen LogP contribution < -0.4 is 10.8 Å². The molecule has 0 bridgehead atoms. The molecule has 0 aliphatic carbocycles. The maximum atomic E-state index is 13.9. The minimum atomic E-state index is -0.878. The molecule has 20 heavy (non-hydrogen) atoms. The predicted octanol–water partition coefficient (Wildman–Crippen LogP) is 2.22. The Kier molecular flexibility index (Phi) is 3.19. The maximum Gasteiger partial charge on any atom is 0.164 e. The molecule has 1 unspecified atom stereocenters. The number of halogens is 2. The SMILES string of the molecule is Nc1cc(N2OCCC2c2cccc(F)c2F)ncn1. The van der Waals surface area contributed by atoms with Gasteiger partial charge in [-0.15, -0.1) is 0 Å². The number of anilines is 2. The molecule has 2 aromatic rings. The van der Waals surface area contributed by atoms with Crippen LogP contribution in [0, 0.1) is 11.6 Å². The summed E-state index contributed by atoms with van der Waals surface area (Å²) in [4.78, 5) is 13.3. The van der Waals surface area contributed by atoms with Gasteiger partial charge in [0.2, 0.25) is 0 Å². The van der Waals surface area contributed by atoms with Crippen LogP contribution in [0.5, 0.6) is 0 Å². The molecule has 1 fully saturated rings. The normalized spacial score (nSPS) is 18.5. The second-order valence-corrected chi connectivity index (χ2v) is 4.41. The number of hydrogen-bond acceptors (Lipinski definition) is 5. The Hall–Kier alpha value is -2.28. The molecule has 7 heteroatoms. The van der Waals surface area contributed by atoms with Gasteiger partial charge in [-0.1, -0.05) is 12.1 Å². The Morgan fingerprint density at radius 1 is 1.30 bits per heavy atom. The van der Waals surface area contributed by atoms with E-state index in [0.29, 0.717) is 18.8 Å². The lowest BCUT2D eigenvalue weighted by molar-refractivity contribution is 0.156. The average molecular weight is 278 g/mol. The van der Waals surface area contributed by atoms with Crippen molar-refractivity contribution in [3.05, 3.63) is 47.8 Å². The molecule has 0 amide bonds. The van der Waals surface area contributed by atoms with Crippen LogP contribution in [0.15, 0.2) is 30.6 Å². The van der Waals surface area contributed by atoms with Crippen LogP contribution in [-0.2, 0) is 4.84 Å². The molecule has 0 radical (unpaired) electrons. The van der Waals surface area contributed by atoms with Gasteiger partial charge in [-0.3, -0.25) is 4.84 Å². The van der Waals surface area contributed by atoms with Crippen molar-refractivity contribution in [1.82, 2.24) is 9.97 Å². The van der Waals surface area contributed by atoms with Crippen molar-refractivity contribution in [2.75, 3.05) is 17.4 Å². The Bertz CT molecular complexity index is 638. The van der Waals surface area contributed by atoms with Crippen molar-refractivity contribution in [2.45, 2.75) is 12.5 Å². The van der Waals surface area contributed by atoms with Crippen LogP contribution in [0.3, 0.4) is 0 Å². The number of benzene rings is 1. The van der Waals surface area contributed by atoms with Crippen LogP contribution in [-0.4, -0.2) is 16.6 Å². The highest BCUT2D eigenvalue weighted by molar-refractivity contribution is 5.46. The van der Waals surface area contributed by atoms with Crippen LogP contribution in [0.2, 0.25) is 0 Å². The summed E-state index contributed by atoms with van der Waals surface area (Å²) in [6.07, 6.45) is 1.83. The van der Waals surface area contributed by atoms with E-state index in [1.165, 1.54) is 29.6 Å². The van der Waals surface area contributed by atoms with E-state index in [2.05, 4.69) is 9.97 Å². The third-order valence-electron chi connectivity index (χ3n) is 3.14. The standard InChI is InChI=1S/C13H12F2N4O/c14-9-3-1-2-8(13(9)15)10-4-5-20-19(10)12-6-11(16)17-7-18-12/h1-3,6-7,10H,4-5H2,(H2,16,17,18). The van der Waals surface area contributed by atoms with Crippen molar-refractivity contribution < 1.29 is 13.6 Å². The number of aromatic nitrogens is 2. The van der Waals surface area contributed by atoms with Gasteiger partial charge in [0.15, 0.2) is 17.5 Å². The first kappa shape index (κ1) is 12.7. The summed E-state index contributed by atoms with van der Waals surface area (Å²) in [6.45, 7) is 0.393. The summed E-state index contributed by atoms with van der Waals surface area (Å²) in [6, 6.07) is 5.17. The van der Waals surface area contributed by atoms with Crippen molar-refractivity contribution in [3.8, 4) is 0 Å². The van der Waals surface area contributed by atoms with Crippen molar-refractivity contribution in [3.63, 3.8) is 0 Å². The summed E-state index contributed by atoms with van der Waals surface area (Å²) in [7, 11) is 0. The quantitative estimate of drug-likeness (QED) is 0.912. The lowest BCUT2D eigenvalue weighted by Crippen LogP contribution is -2.23. The van der Waals surface area contributed by atoms with Gasteiger partial charge in [-0.2, -0.15) is 0 Å². The third-order valence-corrected chi connectivity index (χ3v) is 3.14. The number of nitrogens with two attached hydrogens (primary N) is 1. The number of hydrogen-bond donors (Lipinski definition) is 1. The molecule has 1 aliphatic heterocycles. The zero-order valence-electron chi connectivity index (χ0n) is 10.5. The van der Waals surface area contributed by atoms with E-state index in [1.54, 1.807) is 0 Å². The largest absolute Gasteiger partial charge is 0.384 e. The fourth-order valence-electron chi connectivity index (χ4n) is 2.24. The highest BCUT2D eigenvalue weighted by Crippen LogP contribution is 2.35. The summed E-state index contributed by atoms with van der Waals surface area (Å²) in [5.74, 6) is -1.04. The fraction of sp³-hybridized carbons (Fsp3) is 0.231. The zero-order chi connectivity index (χ0) is 14.1. The second-order valence-electron chi connectivity index (χ2n) is 4.41. The van der Waals surface area contributed by atoms with Crippen LogP contribution in [0.25, 0.3) is 0 Å². The molecule has 1 atom stereocenters. The van der Waals surface area contributed by atoms with E-state index in [1.807, 2.05) is 0 Å². The molecule has 1 aliphatic rings. The second kappa shape index (κ2) is 5.01. The molecule has 104 valence electrons. The number of hydroxylamine groups is 1. The van der Waals surface area contributed by atoms with Gasteiger partial charge in [0.05, 0.1) is 12.6 Å². The van der Waals surface area contributed by atoms with Crippen molar-refractivity contribution in [2.24, 2.45) is 0 Å². The third kappa shape index (κ3) is 2.16. The Balaban J connectivity index is 1.99. The van der Waals surface area contributed by atoms with Gasteiger partial charge in [-0.05, 0) is 6.07 Å². The summed E-state index contributed by atoms with van der Waals surface area (Å²) in [5, 5.41) is 1.44. The molecular formula is C13H12F2N4O. The first-order valence-corrected chi connectivity index (χ1v) is 6.10. The number of nitrogens with zero attached hydrogens (tertiary/aromatic N) is 3. The number of nitrogen functional groups attached to an aromatic ring is 1. The van der Waals surface area contributed by atoms with Gasteiger partial charge >= 0.3 is 0 Å². The summed E-state index contributed by atoms with van der Waals surface area (Å²) < 4.78 is 27.3. The van der Waals surface area contributed by atoms with Gasteiger partial charge in [0.1, 0.15) is 12.1 Å². The van der Waals surface area contributed by atoms with E-state index >= 15 is 0 Å². The smallest absolute Gasteiger partial charge is 0.164 e. The predicted molar refractivity (Wildman–Crippen MR) is 68.6 cm³/mol. The highest BCUT2D eigenvalue weighted by Gasteiger charge is 2.31. The molecule has 1 aromatic heterocycles. The number of rotatable bonds is 2. The average Bonchev–Trinajstić information content (AvgIpc) is 2.91. The van der Waals surface area contributed by atoms with Gasteiger partial charge in [0.25, 0.3) is 0 Å². The monoisotopic (exact) mass is 278 g/mol. The van der Waals surface area contributed by atoms with Crippen molar-refractivity contribution in [1.29, 1.82) is 0 Å². The first-order chi connectivity index (χ1) is 9.66.